The van der Waals surface area contributed by atoms with E-state index in [1.165, 1.54) is 55.6 Å². The zero-order valence-electron chi connectivity index (χ0n) is 37.3. The number of nitriles is 2. The van der Waals surface area contributed by atoms with Crippen molar-refractivity contribution in [3.63, 3.8) is 0 Å². The topological polar surface area (TPSA) is 90.7 Å². The summed E-state index contributed by atoms with van der Waals surface area (Å²) < 4.78 is 2.41. The molecule has 3 heterocycles. The molecule has 6 heteroatoms. The van der Waals surface area contributed by atoms with Crippen LogP contribution in [0.25, 0.3) is 72.3 Å². The van der Waals surface area contributed by atoms with Gasteiger partial charge in [0.2, 0.25) is 0 Å². The Bertz CT molecular complexity index is 4370. The number of aromatic nitrogens is 4. The average Bonchev–Trinajstić information content (AvgIpc) is 4.01. The zero-order valence-corrected chi connectivity index (χ0v) is 37.3. The fourth-order valence-electron chi connectivity index (χ4n) is 14.7. The number of benzene rings is 9. The van der Waals surface area contributed by atoms with Crippen molar-refractivity contribution < 1.29 is 0 Å². The first kappa shape index (κ1) is 36.8. The van der Waals surface area contributed by atoms with Gasteiger partial charge in [-0.1, -0.05) is 158 Å². The Labute approximate surface area is 401 Å². The molecule has 3 atom stereocenters. The Morgan fingerprint density at radius 2 is 0.800 bits per heavy atom. The van der Waals surface area contributed by atoms with E-state index in [-0.39, 0.29) is 29.1 Å². The van der Waals surface area contributed by atoms with E-state index in [2.05, 4.69) is 162 Å². The first-order valence-corrected chi connectivity index (χ1v) is 24.1. The third kappa shape index (κ3) is 4.10. The maximum Gasteiger partial charge on any atom is 0.164 e. The van der Waals surface area contributed by atoms with E-state index in [0.29, 0.717) is 28.6 Å². The number of hydrogen-bond acceptors (Lipinski definition) is 5. The lowest BCUT2D eigenvalue weighted by Crippen LogP contribution is -2.52. The smallest absolute Gasteiger partial charge is 0.164 e. The maximum atomic E-state index is 11.4. The lowest BCUT2D eigenvalue weighted by Gasteiger charge is -2.58. The molecule has 12 aromatic rings. The van der Waals surface area contributed by atoms with Crippen molar-refractivity contribution in [3.8, 4) is 46.3 Å². The molecule has 3 unspecified atom stereocenters. The summed E-state index contributed by atoms with van der Waals surface area (Å²) in [6.07, 6.45) is 0. The molecule has 3 aromatic heterocycles. The molecule has 2 bridgehead atoms. The Morgan fingerprint density at radius 1 is 0.400 bits per heavy atom. The van der Waals surface area contributed by atoms with Gasteiger partial charge in [-0.3, -0.25) is 0 Å². The minimum Gasteiger partial charge on any atom is -0.308 e. The van der Waals surface area contributed by atoms with Crippen molar-refractivity contribution in [1.82, 2.24) is 19.4 Å². The summed E-state index contributed by atoms with van der Waals surface area (Å²) in [5.41, 5.74) is 22.1. The molecule has 18 rings (SSSR count). The second kappa shape index (κ2) is 12.6. The van der Waals surface area contributed by atoms with Crippen molar-refractivity contribution in [2.75, 3.05) is 0 Å². The van der Waals surface area contributed by atoms with Crippen molar-refractivity contribution in [2.45, 2.75) is 29.1 Å². The number of nitrogens with zero attached hydrogens (tertiary/aromatic N) is 6. The SMILES string of the molecule is N#Cc1cc2c(c3c1C1c4ccccc4C3c3ccccc31)c1cc(-c3nc(-c4ccccc4)nc(-c4ccccc4)n3)cc3c4c5c(c(C#N)cc4n2c13)C1c2ccccc2C12c1ccccc1C52. The second-order valence-corrected chi connectivity index (χ2v) is 19.8. The minimum atomic E-state index is -0.247. The van der Waals surface area contributed by atoms with Gasteiger partial charge in [-0.2, -0.15) is 10.5 Å². The zero-order chi connectivity index (χ0) is 45.7. The predicted octanol–water partition coefficient (Wildman–Crippen LogP) is 13.6. The summed E-state index contributed by atoms with van der Waals surface area (Å²) >= 11 is 0. The van der Waals surface area contributed by atoms with Crippen molar-refractivity contribution in [3.05, 3.63) is 260 Å². The highest BCUT2D eigenvalue weighted by Crippen LogP contribution is 2.78. The van der Waals surface area contributed by atoms with Crippen LogP contribution in [-0.4, -0.2) is 19.4 Å². The molecule has 6 nitrogen and oxygen atoms in total. The van der Waals surface area contributed by atoms with Crippen LogP contribution in [-0.2, 0) is 5.41 Å². The van der Waals surface area contributed by atoms with Crippen molar-refractivity contribution >= 4 is 38.1 Å². The minimum absolute atomic E-state index is 0.0622. The Morgan fingerprint density at radius 3 is 1.30 bits per heavy atom. The molecule has 6 aliphatic carbocycles. The number of hydrogen-bond donors (Lipinski definition) is 0. The van der Waals surface area contributed by atoms with Crippen molar-refractivity contribution in [1.29, 1.82) is 10.5 Å². The Kier molecular flexibility index (Phi) is 6.65. The summed E-state index contributed by atoms with van der Waals surface area (Å²) in [4.78, 5) is 15.8. The van der Waals surface area contributed by atoms with Crippen LogP contribution in [0.1, 0.15) is 102 Å². The number of fused-ring (bicyclic) bond motifs is 14. The van der Waals surface area contributed by atoms with Crippen molar-refractivity contribution in [2.24, 2.45) is 0 Å². The molecular weight excluding hydrogens is 853 g/mol. The van der Waals surface area contributed by atoms with Crippen LogP contribution >= 0.6 is 0 Å². The van der Waals surface area contributed by atoms with Gasteiger partial charge in [0.25, 0.3) is 0 Å². The van der Waals surface area contributed by atoms with Crippen LogP contribution in [0.15, 0.2) is 182 Å². The monoisotopic (exact) mass is 886 g/mol. The van der Waals surface area contributed by atoms with E-state index in [9.17, 15) is 10.5 Å². The lowest BCUT2D eigenvalue weighted by atomic mass is 9.43. The third-order valence-electron chi connectivity index (χ3n) is 17.1. The van der Waals surface area contributed by atoms with Gasteiger partial charge in [-0.25, -0.2) is 15.0 Å². The van der Waals surface area contributed by atoms with Crippen LogP contribution in [0.4, 0.5) is 0 Å². The Balaban J connectivity index is 1.06. The van der Waals surface area contributed by atoms with Crippen LogP contribution in [0.3, 0.4) is 0 Å². The predicted molar refractivity (Wildman–Crippen MR) is 272 cm³/mol. The summed E-state index contributed by atoms with van der Waals surface area (Å²) in [5.74, 6) is 1.74. The molecule has 320 valence electrons. The first-order chi connectivity index (χ1) is 34.7. The second-order valence-electron chi connectivity index (χ2n) is 19.8. The summed E-state index contributed by atoms with van der Waals surface area (Å²) in [6, 6.07) is 70.3. The largest absolute Gasteiger partial charge is 0.308 e. The van der Waals surface area contributed by atoms with E-state index < -0.39 is 0 Å². The first-order valence-electron chi connectivity index (χ1n) is 24.1. The van der Waals surface area contributed by atoms with Gasteiger partial charge in [0.05, 0.1) is 39.8 Å². The van der Waals surface area contributed by atoms with E-state index in [1.807, 2.05) is 36.4 Å². The van der Waals surface area contributed by atoms with E-state index in [0.717, 1.165) is 65.9 Å². The fourth-order valence-corrected chi connectivity index (χ4v) is 14.7. The van der Waals surface area contributed by atoms with E-state index in [4.69, 9.17) is 15.0 Å². The molecule has 70 heavy (non-hydrogen) atoms. The highest BCUT2D eigenvalue weighted by atomic mass is 15.0. The van der Waals surface area contributed by atoms with Crippen LogP contribution in [0.5, 0.6) is 0 Å². The van der Waals surface area contributed by atoms with E-state index >= 15 is 0 Å². The molecule has 6 aliphatic rings. The van der Waals surface area contributed by atoms with Crippen LogP contribution < -0.4 is 0 Å². The molecule has 0 saturated heterocycles. The van der Waals surface area contributed by atoms with Gasteiger partial charge in [-0.15, -0.1) is 0 Å². The molecule has 0 saturated carbocycles. The standard InChI is InChI=1S/C64H34N6/c65-31-36-29-48-54(56-50(36)52-38-19-7-9-21-40(38)53(56)41-22-10-8-20-39(41)52)44-27-35(63-68-61(33-15-3-1-4-16-33)67-62(69-63)34-17-5-2-6-18-34)28-45-55-49(70(48)60(44)45)30-37(32-66)51-57(55)59-43-24-12-14-26-47(43)64(59)46-25-13-11-23-42(46)58(51)64/h1-30,52-53,58-59H. The fraction of sp³-hybridized carbons (Fsp3) is 0.0781. The van der Waals surface area contributed by atoms with Crippen LogP contribution in [0.2, 0.25) is 0 Å². The highest BCUT2D eigenvalue weighted by Gasteiger charge is 2.70. The van der Waals surface area contributed by atoms with E-state index in [1.54, 1.807) is 0 Å². The Hall–Kier alpha value is -9.23. The number of rotatable bonds is 3. The van der Waals surface area contributed by atoms with Gasteiger partial charge in [0, 0.05) is 67.3 Å². The summed E-state index contributed by atoms with van der Waals surface area (Å²) in [5, 5.41) is 27.2. The summed E-state index contributed by atoms with van der Waals surface area (Å²) in [6.45, 7) is 0. The lowest BCUT2D eigenvalue weighted by molar-refractivity contribution is 0.333. The molecule has 0 radical (unpaired) electrons. The molecule has 0 aliphatic heterocycles. The molecule has 0 amide bonds. The van der Waals surface area contributed by atoms with Gasteiger partial charge in [-0.05, 0) is 91.0 Å². The average molecular weight is 887 g/mol. The normalized spacial score (nSPS) is 20.0. The van der Waals surface area contributed by atoms with Gasteiger partial charge >= 0.3 is 0 Å². The molecular formula is C64H34N6. The molecule has 0 fully saturated rings. The molecule has 9 aromatic carbocycles. The quantitative estimate of drug-likeness (QED) is 0.176. The van der Waals surface area contributed by atoms with Crippen LogP contribution in [0, 0.1) is 22.7 Å². The van der Waals surface area contributed by atoms with Gasteiger partial charge in [0.1, 0.15) is 0 Å². The summed E-state index contributed by atoms with van der Waals surface area (Å²) in [7, 11) is 0. The van der Waals surface area contributed by atoms with Gasteiger partial charge in [0.15, 0.2) is 17.5 Å². The molecule has 1 spiro atoms. The van der Waals surface area contributed by atoms with Gasteiger partial charge < -0.3 is 4.40 Å². The molecule has 0 N–H and O–H groups in total. The third-order valence-corrected chi connectivity index (χ3v) is 17.1. The highest BCUT2D eigenvalue weighted by molar-refractivity contribution is 6.27. The maximum absolute atomic E-state index is 11.4.